The quantitative estimate of drug-likeness (QED) is 0.429. The van der Waals surface area contributed by atoms with Gasteiger partial charge in [0.2, 0.25) is 0 Å². The van der Waals surface area contributed by atoms with Crippen molar-refractivity contribution in [1.29, 1.82) is 0 Å². The Hall–Kier alpha value is -0.120. The molecule has 0 spiro atoms. The van der Waals surface area contributed by atoms with Gasteiger partial charge in [-0.1, -0.05) is 0 Å². The maximum Gasteiger partial charge on any atom is 0.102 e. The van der Waals surface area contributed by atoms with Crippen LogP contribution in [-0.2, 0) is 4.74 Å². The predicted molar refractivity (Wildman–Crippen MR) is 30.3 cm³/mol. The highest BCUT2D eigenvalue weighted by Crippen LogP contribution is 2.11. The molecule has 1 fully saturated rings. The fourth-order valence-electron chi connectivity index (χ4n) is 0.804. The van der Waals surface area contributed by atoms with Crippen molar-refractivity contribution in [2.45, 2.75) is 12.1 Å². The number of hydrogen-bond acceptors (Lipinski definition) is 2. The van der Waals surface area contributed by atoms with Gasteiger partial charge in [0.15, 0.2) is 0 Å². The summed E-state index contributed by atoms with van der Waals surface area (Å²) in [7, 11) is 1.94. The molecule has 0 radical (unpaired) electrons. The van der Waals surface area contributed by atoms with Gasteiger partial charge in [-0.25, -0.2) is 0 Å². The summed E-state index contributed by atoms with van der Waals surface area (Å²) in [5.74, 6) is 0. The van der Waals surface area contributed by atoms with E-state index in [1.807, 2.05) is 7.05 Å². The highest BCUT2D eigenvalue weighted by Gasteiger charge is 2.31. The summed E-state index contributed by atoms with van der Waals surface area (Å²) in [6.07, 6.45) is 0.456. The Kier molecular flexibility index (Phi) is 1.83. The van der Waals surface area contributed by atoms with Gasteiger partial charge >= 0.3 is 0 Å². The molecule has 4 N–H and O–H groups in total. The summed E-state index contributed by atoms with van der Waals surface area (Å²) in [5, 5.41) is 3.13. The van der Waals surface area contributed by atoms with Crippen molar-refractivity contribution in [2.75, 3.05) is 20.2 Å². The van der Waals surface area contributed by atoms with E-state index in [0.29, 0.717) is 12.1 Å². The Balaban J connectivity index is 2.15. The number of quaternary nitrogens is 1. The molecule has 1 rings (SSSR count). The van der Waals surface area contributed by atoms with Crippen LogP contribution < -0.4 is 11.1 Å². The zero-order valence-corrected chi connectivity index (χ0v) is 5.18. The molecular formula is C5H13N2O+. The molecule has 2 atom stereocenters. The second-order valence-corrected chi connectivity index (χ2v) is 2.06. The van der Waals surface area contributed by atoms with E-state index in [0.717, 1.165) is 13.2 Å². The third-order valence-electron chi connectivity index (χ3n) is 1.49. The Bertz CT molecular complexity index is 68.8. The minimum Gasteiger partial charge on any atom is -0.371 e. The number of ether oxygens (including phenoxy) is 1. The lowest BCUT2D eigenvalue weighted by atomic mass is 10.2. The minimum absolute atomic E-state index is 0.456. The van der Waals surface area contributed by atoms with Crippen LogP contribution in [0, 0.1) is 0 Å². The van der Waals surface area contributed by atoms with Crippen LogP contribution in [0.3, 0.4) is 0 Å². The van der Waals surface area contributed by atoms with Gasteiger partial charge in [0.1, 0.15) is 6.10 Å². The van der Waals surface area contributed by atoms with Gasteiger partial charge in [0, 0.05) is 0 Å². The molecule has 0 amide bonds. The van der Waals surface area contributed by atoms with Gasteiger partial charge in [-0.3, -0.25) is 0 Å². The van der Waals surface area contributed by atoms with E-state index in [1.165, 1.54) is 0 Å². The lowest BCUT2D eigenvalue weighted by Gasteiger charge is -2.05. The van der Waals surface area contributed by atoms with E-state index in [9.17, 15) is 0 Å². The zero-order valence-electron chi connectivity index (χ0n) is 5.18. The van der Waals surface area contributed by atoms with E-state index in [-0.39, 0.29) is 0 Å². The SMILES string of the molecule is CNC(C[NH3+])C1CO1. The van der Waals surface area contributed by atoms with Crippen LogP contribution in [0.4, 0.5) is 0 Å². The molecule has 1 heterocycles. The van der Waals surface area contributed by atoms with Crippen molar-refractivity contribution in [3.63, 3.8) is 0 Å². The molecule has 0 aliphatic carbocycles. The van der Waals surface area contributed by atoms with Gasteiger partial charge < -0.3 is 15.8 Å². The van der Waals surface area contributed by atoms with Gasteiger partial charge in [-0.2, -0.15) is 0 Å². The lowest BCUT2D eigenvalue weighted by Crippen LogP contribution is -2.60. The first kappa shape index (κ1) is 6.01. The van der Waals surface area contributed by atoms with Gasteiger partial charge in [-0.15, -0.1) is 0 Å². The molecule has 0 aromatic heterocycles. The molecule has 0 aromatic rings. The average molecular weight is 117 g/mol. The predicted octanol–water partition coefficient (Wildman–Crippen LogP) is -1.78. The molecule has 0 bridgehead atoms. The smallest absolute Gasteiger partial charge is 0.102 e. The zero-order chi connectivity index (χ0) is 5.98. The Labute approximate surface area is 49.2 Å². The van der Waals surface area contributed by atoms with Crippen molar-refractivity contribution in [2.24, 2.45) is 0 Å². The summed E-state index contributed by atoms with van der Waals surface area (Å²) in [5.41, 5.74) is 3.78. The number of hydrogen-bond donors (Lipinski definition) is 2. The molecule has 2 unspecified atom stereocenters. The van der Waals surface area contributed by atoms with Crippen molar-refractivity contribution >= 4 is 0 Å². The van der Waals surface area contributed by atoms with E-state index in [4.69, 9.17) is 4.74 Å². The maximum absolute atomic E-state index is 5.05. The number of epoxide rings is 1. The van der Waals surface area contributed by atoms with Gasteiger partial charge in [0.05, 0.1) is 19.2 Å². The fraction of sp³-hybridized carbons (Fsp3) is 1.00. The molecule has 1 saturated heterocycles. The topological polar surface area (TPSA) is 52.2 Å². The van der Waals surface area contributed by atoms with Crippen LogP contribution >= 0.6 is 0 Å². The van der Waals surface area contributed by atoms with Crippen molar-refractivity contribution < 1.29 is 10.5 Å². The summed E-state index contributed by atoms with van der Waals surface area (Å²) in [6.45, 7) is 1.84. The number of likely N-dealkylation sites (N-methyl/N-ethyl adjacent to an activating group) is 1. The van der Waals surface area contributed by atoms with E-state index in [2.05, 4.69) is 11.1 Å². The molecule has 48 valence electrons. The normalized spacial score (nSPS) is 30.0. The van der Waals surface area contributed by atoms with Crippen LogP contribution in [0.15, 0.2) is 0 Å². The van der Waals surface area contributed by atoms with E-state index in [1.54, 1.807) is 0 Å². The molecule has 3 heteroatoms. The summed E-state index contributed by atoms with van der Waals surface area (Å²) < 4.78 is 5.05. The maximum atomic E-state index is 5.05. The lowest BCUT2D eigenvalue weighted by molar-refractivity contribution is -0.373. The summed E-state index contributed by atoms with van der Waals surface area (Å²) in [4.78, 5) is 0. The van der Waals surface area contributed by atoms with Gasteiger partial charge in [0.25, 0.3) is 0 Å². The minimum atomic E-state index is 0.456. The monoisotopic (exact) mass is 117 g/mol. The largest absolute Gasteiger partial charge is 0.371 e. The van der Waals surface area contributed by atoms with Crippen LogP contribution in [-0.4, -0.2) is 32.3 Å². The van der Waals surface area contributed by atoms with Crippen molar-refractivity contribution in [3.8, 4) is 0 Å². The second kappa shape index (κ2) is 2.44. The fourth-order valence-corrected chi connectivity index (χ4v) is 0.804. The first-order valence-electron chi connectivity index (χ1n) is 2.96. The van der Waals surface area contributed by atoms with Crippen molar-refractivity contribution in [1.82, 2.24) is 5.32 Å². The highest BCUT2D eigenvalue weighted by atomic mass is 16.6. The average Bonchev–Trinajstić information content (AvgIpc) is 2.53. The second-order valence-electron chi connectivity index (χ2n) is 2.06. The molecular weight excluding hydrogens is 104 g/mol. The number of nitrogens with one attached hydrogen (secondary N) is 1. The third kappa shape index (κ3) is 1.18. The molecule has 1 aliphatic rings. The summed E-state index contributed by atoms with van der Waals surface area (Å²) >= 11 is 0. The highest BCUT2D eigenvalue weighted by molar-refractivity contribution is 4.82. The van der Waals surface area contributed by atoms with Crippen LogP contribution in [0.5, 0.6) is 0 Å². The third-order valence-corrected chi connectivity index (χ3v) is 1.49. The Morgan fingerprint density at radius 1 is 2.00 bits per heavy atom. The molecule has 8 heavy (non-hydrogen) atoms. The molecule has 1 aliphatic heterocycles. The molecule has 0 aromatic carbocycles. The Morgan fingerprint density at radius 3 is 2.75 bits per heavy atom. The van der Waals surface area contributed by atoms with Gasteiger partial charge in [-0.05, 0) is 7.05 Å². The number of rotatable bonds is 3. The van der Waals surface area contributed by atoms with Crippen LogP contribution in [0.2, 0.25) is 0 Å². The first-order valence-corrected chi connectivity index (χ1v) is 2.96. The van der Waals surface area contributed by atoms with Crippen molar-refractivity contribution in [3.05, 3.63) is 0 Å². The van der Waals surface area contributed by atoms with Crippen LogP contribution in [0.1, 0.15) is 0 Å². The first-order chi connectivity index (χ1) is 3.88. The Morgan fingerprint density at radius 2 is 2.62 bits per heavy atom. The van der Waals surface area contributed by atoms with E-state index < -0.39 is 0 Å². The summed E-state index contributed by atoms with van der Waals surface area (Å²) in [6, 6.07) is 0.481. The van der Waals surface area contributed by atoms with E-state index >= 15 is 0 Å². The molecule has 0 saturated carbocycles. The standard InChI is InChI=1S/C5H12N2O/c1-7-4(2-6)5-3-8-5/h4-5,7H,2-3,6H2,1H3/p+1. The molecule has 3 nitrogen and oxygen atoms in total. The van der Waals surface area contributed by atoms with Crippen LogP contribution in [0.25, 0.3) is 0 Å².